The number of hydrogen-bond acceptors (Lipinski definition) is 1. The minimum Gasteiger partial charge on any atom is -0.310 e. The van der Waals surface area contributed by atoms with Crippen molar-refractivity contribution < 1.29 is 4.39 Å². The van der Waals surface area contributed by atoms with Crippen molar-refractivity contribution in [1.82, 2.24) is 5.32 Å². The summed E-state index contributed by atoms with van der Waals surface area (Å²) >= 11 is 8.50. The van der Waals surface area contributed by atoms with Crippen LogP contribution in [0.1, 0.15) is 30.5 Å². The molecule has 0 heterocycles. The van der Waals surface area contributed by atoms with Gasteiger partial charge in [0.25, 0.3) is 0 Å². The maximum Gasteiger partial charge on any atom is 0.123 e. The van der Waals surface area contributed by atoms with E-state index in [2.05, 4.69) is 53.0 Å². The maximum absolute atomic E-state index is 13.4. The molecule has 1 unspecified atom stereocenters. The van der Waals surface area contributed by atoms with Crippen LogP contribution in [0.3, 0.4) is 0 Å². The monoisotopic (exact) mass is 417 g/mol. The molecule has 0 aliphatic carbocycles. The molecule has 0 radical (unpaired) electrons. The van der Waals surface area contributed by atoms with Crippen LogP contribution in [-0.4, -0.2) is 6.54 Å². The molecule has 112 valence electrons. The molecule has 0 aliphatic rings. The summed E-state index contributed by atoms with van der Waals surface area (Å²) in [7, 11) is 0. The van der Waals surface area contributed by atoms with E-state index in [1.807, 2.05) is 6.07 Å². The molecule has 0 saturated heterocycles. The van der Waals surface area contributed by atoms with Gasteiger partial charge < -0.3 is 5.32 Å². The fraction of sp³-hybridized carbons (Fsp3) is 0.294. The standard InChI is InChI=1S/C17H18ClFIN/c1-2-8-21-17(12-4-3-5-15(20)10-12)11-13-9-14(19)6-7-16(13)18/h3-7,9-10,17,21H,2,8,11H2,1H3. The minimum absolute atomic E-state index is 0.138. The highest BCUT2D eigenvalue weighted by Crippen LogP contribution is 2.25. The Morgan fingerprint density at radius 2 is 2.05 bits per heavy atom. The van der Waals surface area contributed by atoms with Crippen LogP contribution in [0, 0.1) is 9.39 Å². The third-order valence-corrected chi connectivity index (χ3v) is 4.36. The molecule has 0 aromatic heterocycles. The normalized spacial score (nSPS) is 12.4. The van der Waals surface area contributed by atoms with Gasteiger partial charge in [0, 0.05) is 14.6 Å². The predicted molar refractivity (Wildman–Crippen MR) is 95.3 cm³/mol. The number of benzene rings is 2. The van der Waals surface area contributed by atoms with Crippen molar-refractivity contribution in [2.75, 3.05) is 6.54 Å². The van der Waals surface area contributed by atoms with Crippen molar-refractivity contribution >= 4 is 34.2 Å². The van der Waals surface area contributed by atoms with Crippen LogP contribution in [0.4, 0.5) is 4.39 Å². The molecule has 0 saturated carbocycles. The van der Waals surface area contributed by atoms with E-state index in [4.69, 9.17) is 11.6 Å². The Morgan fingerprint density at radius 1 is 1.24 bits per heavy atom. The van der Waals surface area contributed by atoms with Crippen LogP contribution < -0.4 is 5.32 Å². The van der Waals surface area contributed by atoms with Gasteiger partial charge in [-0.2, -0.15) is 0 Å². The third-order valence-electron chi connectivity index (χ3n) is 3.32. The average molecular weight is 418 g/mol. The SMILES string of the molecule is CCCNC(Cc1cc(F)ccc1Cl)c1cccc(I)c1. The average Bonchev–Trinajstić information content (AvgIpc) is 2.47. The summed E-state index contributed by atoms with van der Waals surface area (Å²) in [6.07, 6.45) is 1.73. The Bertz CT molecular complexity index is 603. The van der Waals surface area contributed by atoms with E-state index in [0.717, 1.165) is 18.5 Å². The van der Waals surface area contributed by atoms with Crippen molar-refractivity contribution in [2.45, 2.75) is 25.8 Å². The Hall–Kier alpha value is -0.650. The second kappa shape index (κ2) is 8.11. The zero-order valence-electron chi connectivity index (χ0n) is 11.9. The van der Waals surface area contributed by atoms with E-state index < -0.39 is 0 Å². The molecule has 2 aromatic carbocycles. The Balaban J connectivity index is 2.25. The molecule has 1 atom stereocenters. The van der Waals surface area contributed by atoms with Crippen molar-refractivity contribution in [3.63, 3.8) is 0 Å². The molecule has 0 spiro atoms. The van der Waals surface area contributed by atoms with Crippen molar-refractivity contribution in [2.24, 2.45) is 0 Å². The maximum atomic E-state index is 13.4. The second-order valence-electron chi connectivity index (χ2n) is 5.00. The molecular formula is C17H18ClFIN. The van der Waals surface area contributed by atoms with Crippen LogP contribution in [0.25, 0.3) is 0 Å². The topological polar surface area (TPSA) is 12.0 Å². The van der Waals surface area contributed by atoms with E-state index >= 15 is 0 Å². The number of hydrogen-bond donors (Lipinski definition) is 1. The molecule has 1 nitrogen and oxygen atoms in total. The van der Waals surface area contributed by atoms with Crippen LogP contribution in [0.2, 0.25) is 5.02 Å². The van der Waals surface area contributed by atoms with Crippen molar-refractivity contribution in [3.05, 3.63) is 68.0 Å². The summed E-state index contributed by atoms with van der Waals surface area (Å²) in [4.78, 5) is 0. The summed E-state index contributed by atoms with van der Waals surface area (Å²) in [5.41, 5.74) is 2.04. The lowest BCUT2D eigenvalue weighted by atomic mass is 9.98. The summed E-state index contributed by atoms with van der Waals surface area (Å²) < 4.78 is 14.6. The van der Waals surface area contributed by atoms with Crippen LogP contribution in [-0.2, 0) is 6.42 Å². The summed E-state index contributed by atoms with van der Waals surface area (Å²) in [6.45, 7) is 3.05. The fourth-order valence-corrected chi connectivity index (χ4v) is 3.03. The zero-order chi connectivity index (χ0) is 15.2. The molecule has 2 aromatic rings. The minimum atomic E-state index is -0.244. The number of nitrogens with one attached hydrogen (secondary N) is 1. The number of rotatable bonds is 6. The lowest BCUT2D eigenvalue weighted by Gasteiger charge is -2.20. The summed E-state index contributed by atoms with van der Waals surface area (Å²) in [6, 6.07) is 13.0. The molecule has 1 N–H and O–H groups in total. The van der Waals surface area contributed by atoms with Gasteiger partial charge in [-0.15, -0.1) is 0 Å². The number of halogens is 3. The molecule has 4 heteroatoms. The highest BCUT2D eigenvalue weighted by Gasteiger charge is 2.14. The quantitative estimate of drug-likeness (QED) is 0.623. The predicted octanol–water partition coefficient (Wildman–Crippen LogP) is 5.37. The lowest BCUT2D eigenvalue weighted by molar-refractivity contribution is 0.527. The molecule has 0 amide bonds. The van der Waals surface area contributed by atoms with Crippen LogP contribution >= 0.6 is 34.2 Å². The lowest BCUT2D eigenvalue weighted by Crippen LogP contribution is -2.24. The van der Waals surface area contributed by atoms with Gasteiger partial charge >= 0.3 is 0 Å². The Labute approximate surface area is 144 Å². The molecular weight excluding hydrogens is 400 g/mol. The first-order valence-electron chi connectivity index (χ1n) is 7.03. The fourth-order valence-electron chi connectivity index (χ4n) is 2.27. The first-order chi connectivity index (χ1) is 10.1. The van der Waals surface area contributed by atoms with Gasteiger partial charge in [-0.3, -0.25) is 0 Å². The van der Waals surface area contributed by atoms with Crippen molar-refractivity contribution in [3.8, 4) is 0 Å². The van der Waals surface area contributed by atoms with E-state index in [1.165, 1.54) is 21.3 Å². The Morgan fingerprint density at radius 3 is 2.76 bits per heavy atom. The molecule has 2 rings (SSSR count). The zero-order valence-corrected chi connectivity index (χ0v) is 14.8. The van der Waals surface area contributed by atoms with E-state index in [9.17, 15) is 4.39 Å². The van der Waals surface area contributed by atoms with Crippen LogP contribution in [0.5, 0.6) is 0 Å². The Kier molecular flexibility index (Phi) is 6.45. The highest BCUT2D eigenvalue weighted by atomic mass is 127. The summed E-state index contributed by atoms with van der Waals surface area (Å²) in [5, 5.41) is 4.14. The van der Waals surface area contributed by atoms with Gasteiger partial charge in [0.05, 0.1) is 0 Å². The third kappa shape index (κ3) is 4.94. The van der Waals surface area contributed by atoms with Gasteiger partial charge in [0.15, 0.2) is 0 Å². The second-order valence-corrected chi connectivity index (χ2v) is 6.65. The first kappa shape index (κ1) is 16.7. The van der Waals surface area contributed by atoms with E-state index in [1.54, 1.807) is 6.07 Å². The van der Waals surface area contributed by atoms with Gasteiger partial charge in [-0.1, -0.05) is 30.7 Å². The highest BCUT2D eigenvalue weighted by molar-refractivity contribution is 14.1. The largest absolute Gasteiger partial charge is 0.310 e. The first-order valence-corrected chi connectivity index (χ1v) is 8.48. The van der Waals surface area contributed by atoms with Gasteiger partial charge in [0.1, 0.15) is 5.82 Å². The van der Waals surface area contributed by atoms with Crippen molar-refractivity contribution in [1.29, 1.82) is 0 Å². The smallest absolute Gasteiger partial charge is 0.123 e. The van der Waals surface area contributed by atoms with E-state index in [0.29, 0.717) is 11.4 Å². The van der Waals surface area contributed by atoms with E-state index in [-0.39, 0.29) is 11.9 Å². The van der Waals surface area contributed by atoms with Gasteiger partial charge in [-0.25, -0.2) is 4.39 Å². The molecule has 0 bridgehead atoms. The van der Waals surface area contributed by atoms with Crippen LogP contribution in [0.15, 0.2) is 42.5 Å². The van der Waals surface area contributed by atoms with Gasteiger partial charge in [-0.05, 0) is 83.4 Å². The summed E-state index contributed by atoms with van der Waals surface area (Å²) in [5.74, 6) is -0.244. The molecule has 0 aliphatic heterocycles. The molecule has 0 fully saturated rings. The molecule has 21 heavy (non-hydrogen) atoms. The van der Waals surface area contributed by atoms with Gasteiger partial charge in [0.2, 0.25) is 0 Å².